The van der Waals surface area contributed by atoms with Crippen LogP contribution in [0.1, 0.15) is 43.9 Å². The summed E-state index contributed by atoms with van der Waals surface area (Å²) in [5.41, 5.74) is 2.45. The molecule has 4 nitrogen and oxygen atoms in total. The predicted octanol–water partition coefficient (Wildman–Crippen LogP) is 2.78. The van der Waals surface area contributed by atoms with Gasteiger partial charge >= 0.3 is 0 Å². The molecule has 0 aliphatic heterocycles. The maximum atomic E-state index is 4.42. The SMILES string of the molecule is CCCNC(c1ccncc1)c1cnn(CCC)c1. The van der Waals surface area contributed by atoms with E-state index in [2.05, 4.69) is 47.6 Å². The highest BCUT2D eigenvalue weighted by Gasteiger charge is 2.14. The second-order valence-electron chi connectivity index (χ2n) is 4.70. The fourth-order valence-corrected chi connectivity index (χ4v) is 2.15. The normalized spacial score (nSPS) is 12.5. The molecule has 1 N–H and O–H groups in total. The van der Waals surface area contributed by atoms with E-state index in [4.69, 9.17) is 0 Å². The van der Waals surface area contributed by atoms with Gasteiger partial charge in [0.1, 0.15) is 0 Å². The van der Waals surface area contributed by atoms with Gasteiger partial charge in [-0.25, -0.2) is 0 Å². The number of hydrogen-bond donors (Lipinski definition) is 1. The lowest BCUT2D eigenvalue weighted by molar-refractivity contribution is 0.588. The number of pyridine rings is 1. The number of aromatic nitrogens is 3. The van der Waals surface area contributed by atoms with Gasteiger partial charge in [0.2, 0.25) is 0 Å². The van der Waals surface area contributed by atoms with Crippen molar-refractivity contribution in [3.63, 3.8) is 0 Å². The standard InChI is InChI=1S/C15H22N4/c1-3-7-17-15(13-5-8-16-9-6-13)14-11-18-19(12-14)10-4-2/h5-6,8-9,11-12,15,17H,3-4,7,10H2,1-2H3. The third-order valence-electron chi connectivity index (χ3n) is 3.08. The summed E-state index contributed by atoms with van der Waals surface area (Å²) in [5.74, 6) is 0. The van der Waals surface area contributed by atoms with E-state index < -0.39 is 0 Å². The Morgan fingerprint density at radius 1 is 1.16 bits per heavy atom. The fourth-order valence-electron chi connectivity index (χ4n) is 2.15. The van der Waals surface area contributed by atoms with Crippen molar-refractivity contribution in [3.8, 4) is 0 Å². The highest BCUT2D eigenvalue weighted by atomic mass is 15.3. The smallest absolute Gasteiger partial charge is 0.0609 e. The summed E-state index contributed by atoms with van der Waals surface area (Å²) in [6, 6.07) is 4.32. The third-order valence-corrected chi connectivity index (χ3v) is 3.08. The molecule has 4 heteroatoms. The summed E-state index contributed by atoms with van der Waals surface area (Å²) in [6.45, 7) is 6.30. The molecule has 1 unspecified atom stereocenters. The highest BCUT2D eigenvalue weighted by Crippen LogP contribution is 2.21. The minimum Gasteiger partial charge on any atom is -0.306 e. The Morgan fingerprint density at radius 3 is 2.63 bits per heavy atom. The van der Waals surface area contributed by atoms with Crippen molar-refractivity contribution in [2.45, 2.75) is 39.3 Å². The summed E-state index contributed by atoms with van der Waals surface area (Å²) < 4.78 is 2.01. The van der Waals surface area contributed by atoms with Gasteiger partial charge in [0.15, 0.2) is 0 Å². The fraction of sp³-hybridized carbons (Fsp3) is 0.467. The zero-order valence-corrected chi connectivity index (χ0v) is 11.7. The van der Waals surface area contributed by atoms with Crippen molar-refractivity contribution in [2.24, 2.45) is 0 Å². The van der Waals surface area contributed by atoms with Gasteiger partial charge in [0.25, 0.3) is 0 Å². The van der Waals surface area contributed by atoms with Crippen molar-refractivity contribution >= 4 is 0 Å². The molecule has 0 saturated heterocycles. The molecule has 0 aromatic carbocycles. The molecule has 2 aromatic rings. The minimum atomic E-state index is 0.202. The molecular weight excluding hydrogens is 236 g/mol. The van der Waals surface area contributed by atoms with Crippen molar-refractivity contribution < 1.29 is 0 Å². The van der Waals surface area contributed by atoms with Crippen molar-refractivity contribution in [1.82, 2.24) is 20.1 Å². The summed E-state index contributed by atoms with van der Waals surface area (Å²) in [4.78, 5) is 4.09. The van der Waals surface area contributed by atoms with Crippen LogP contribution in [-0.4, -0.2) is 21.3 Å². The molecule has 0 aliphatic rings. The van der Waals surface area contributed by atoms with E-state index in [1.54, 1.807) is 0 Å². The Kier molecular flexibility index (Phi) is 5.10. The van der Waals surface area contributed by atoms with Crippen LogP contribution in [0, 0.1) is 0 Å². The molecular formula is C15H22N4. The molecule has 0 aliphatic carbocycles. The Hall–Kier alpha value is -1.68. The first kappa shape index (κ1) is 13.7. The molecule has 0 bridgehead atoms. The van der Waals surface area contributed by atoms with Crippen molar-refractivity contribution in [3.05, 3.63) is 48.0 Å². The first-order valence-corrected chi connectivity index (χ1v) is 7.00. The maximum absolute atomic E-state index is 4.42. The number of aryl methyl sites for hydroxylation is 1. The van der Waals surface area contributed by atoms with E-state index in [0.29, 0.717) is 0 Å². The average molecular weight is 258 g/mol. The molecule has 0 spiro atoms. The summed E-state index contributed by atoms with van der Waals surface area (Å²) in [5, 5.41) is 8.00. The first-order valence-electron chi connectivity index (χ1n) is 7.00. The molecule has 102 valence electrons. The molecule has 0 amide bonds. The van der Waals surface area contributed by atoms with E-state index in [9.17, 15) is 0 Å². The third kappa shape index (κ3) is 3.64. The summed E-state index contributed by atoms with van der Waals surface area (Å²) >= 11 is 0. The van der Waals surface area contributed by atoms with Crippen molar-refractivity contribution in [1.29, 1.82) is 0 Å². The molecule has 2 heterocycles. The van der Waals surface area contributed by atoms with Gasteiger partial charge in [-0.2, -0.15) is 5.10 Å². The molecule has 2 rings (SSSR count). The lowest BCUT2D eigenvalue weighted by Gasteiger charge is -2.17. The first-order chi connectivity index (χ1) is 9.35. The average Bonchev–Trinajstić information content (AvgIpc) is 2.89. The topological polar surface area (TPSA) is 42.7 Å². The van der Waals surface area contributed by atoms with Crippen molar-refractivity contribution in [2.75, 3.05) is 6.54 Å². The molecule has 1 atom stereocenters. The number of hydrogen-bond acceptors (Lipinski definition) is 3. The molecule has 2 aromatic heterocycles. The molecule has 0 fully saturated rings. The zero-order valence-electron chi connectivity index (χ0n) is 11.7. The van der Waals surface area contributed by atoms with Crippen LogP contribution in [-0.2, 0) is 6.54 Å². The van der Waals surface area contributed by atoms with Gasteiger partial charge in [0, 0.05) is 30.7 Å². The van der Waals surface area contributed by atoms with Crippen LogP contribution in [0.4, 0.5) is 0 Å². The largest absolute Gasteiger partial charge is 0.306 e. The van der Waals surface area contributed by atoms with E-state index >= 15 is 0 Å². The van der Waals surface area contributed by atoms with E-state index in [1.807, 2.05) is 23.3 Å². The summed E-state index contributed by atoms with van der Waals surface area (Å²) in [7, 11) is 0. The Balaban J connectivity index is 2.21. The predicted molar refractivity (Wildman–Crippen MR) is 76.9 cm³/mol. The molecule has 19 heavy (non-hydrogen) atoms. The van der Waals surface area contributed by atoms with Gasteiger partial charge in [-0.1, -0.05) is 13.8 Å². The van der Waals surface area contributed by atoms with Gasteiger partial charge in [-0.05, 0) is 37.1 Å². The number of rotatable bonds is 7. The summed E-state index contributed by atoms with van der Waals surface area (Å²) in [6.07, 6.45) is 9.99. The Labute approximate surface area is 114 Å². The Morgan fingerprint density at radius 2 is 1.95 bits per heavy atom. The van der Waals surface area contributed by atoms with E-state index in [0.717, 1.165) is 25.9 Å². The second kappa shape index (κ2) is 7.04. The van der Waals surface area contributed by atoms with E-state index in [1.165, 1.54) is 11.1 Å². The van der Waals surface area contributed by atoms with Gasteiger partial charge in [0.05, 0.1) is 12.2 Å². The molecule has 0 saturated carbocycles. The van der Waals surface area contributed by atoms with Crippen LogP contribution >= 0.6 is 0 Å². The van der Waals surface area contributed by atoms with Gasteiger partial charge in [-0.15, -0.1) is 0 Å². The van der Waals surface area contributed by atoms with Crippen LogP contribution in [0.25, 0.3) is 0 Å². The molecule has 0 radical (unpaired) electrons. The maximum Gasteiger partial charge on any atom is 0.0609 e. The second-order valence-corrected chi connectivity index (χ2v) is 4.70. The van der Waals surface area contributed by atoms with Crippen LogP contribution in [0.15, 0.2) is 36.9 Å². The Bertz CT molecular complexity index is 478. The van der Waals surface area contributed by atoms with Crippen LogP contribution < -0.4 is 5.32 Å². The lowest BCUT2D eigenvalue weighted by atomic mass is 10.0. The number of nitrogens with zero attached hydrogens (tertiary/aromatic N) is 3. The quantitative estimate of drug-likeness (QED) is 0.830. The van der Waals surface area contributed by atoms with Gasteiger partial charge in [-0.3, -0.25) is 9.67 Å². The lowest BCUT2D eigenvalue weighted by Crippen LogP contribution is -2.22. The highest BCUT2D eigenvalue weighted by molar-refractivity contribution is 5.27. The van der Waals surface area contributed by atoms with Crippen LogP contribution in [0.3, 0.4) is 0 Å². The monoisotopic (exact) mass is 258 g/mol. The van der Waals surface area contributed by atoms with Crippen LogP contribution in [0.5, 0.6) is 0 Å². The minimum absolute atomic E-state index is 0.202. The zero-order chi connectivity index (χ0) is 13.5. The van der Waals surface area contributed by atoms with Gasteiger partial charge < -0.3 is 5.32 Å². The number of nitrogens with one attached hydrogen (secondary N) is 1. The van der Waals surface area contributed by atoms with Crippen LogP contribution in [0.2, 0.25) is 0 Å². The van der Waals surface area contributed by atoms with E-state index in [-0.39, 0.29) is 6.04 Å².